The number of anilines is 2. The number of nitrogens with zero attached hydrogens (tertiary/aromatic N) is 1. The number of rotatable bonds is 5. The first-order chi connectivity index (χ1) is 14.3. The second-order valence-corrected chi connectivity index (χ2v) is 8.57. The van der Waals surface area contributed by atoms with Gasteiger partial charge in [0, 0.05) is 17.3 Å². The molecule has 7 nitrogen and oxygen atoms in total. The summed E-state index contributed by atoms with van der Waals surface area (Å²) in [4.78, 5) is 4.60. The first kappa shape index (κ1) is 19.9. The van der Waals surface area contributed by atoms with Gasteiger partial charge in [0.2, 0.25) is 10.0 Å². The average molecular weight is 423 g/mol. The van der Waals surface area contributed by atoms with Gasteiger partial charge in [0.15, 0.2) is 5.58 Å². The van der Waals surface area contributed by atoms with Crippen molar-refractivity contribution in [2.75, 3.05) is 12.4 Å². The van der Waals surface area contributed by atoms with Crippen LogP contribution in [0.15, 0.2) is 63.9 Å². The van der Waals surface area contributed by atoms with Crippen molar-refractivity contribution in [2.24, 2.45) is 5.14 Å². The smallest absolute Gasteiger partial charge is 0.300 e. The van der Waals surface area contributed by atoms with Crippen LogP contribution in [0.4, 0.5) is 11.7 Å². The summed E-state index contributed by atoms with van der Waals surface area (Å²) in [6, 6.07) is 16.5. The van der Waals surface area contributed by atoms with Gasteiger partial charge in [-0.05, 0) is 54.8 Å². The first-order valence-electron chi connectivity index (χ1n) is 9.21. The van der Waals surface area contributed by atoms with Crippen molar-refractivity contribution >= 4 is 32.8 Å². The van der Waals surface area contributed by atoms with Crippen molar-refractivity contribution in [3.05, 3.63) is 65.7 Å². The maximum atomic E-state index is 11.6. The largest absolute Gasteiger partial charge is 0.496 e. The minimum atomic E-state index is -3.76. The number of ether oxygens (including phenoxy) is 1. The fraction of sp³-hybridized carbons (Fsp3) is 0.136. The number of aromatic nitrogens is 1. The molecule has 3 aromatic carbocycles. The number of nitrogens with two attached hydrogens (primary N) is 1. The molecule has 0 aliphatic heterocycles. The van der Waals surface area contributed by atoms with E-state index in [4.69, 9.17) is 14.3 Å². The van der Waals surface area contributed by atoms with Crippen LogP contribution in [0.2, 0.25) is 0 Å². The first-order valence-corrected chi connectivity index (χ1v) is 10.8. The number of benzene rings is 3. The third-order valence-corrected chi connectivity index (χ3v) is 5.80. The van der Waals surface area contributed by atoms with Crippen LogP contribution < -0.4 is 15.2 Å². The fourth-order valence-electron chi connectivity index (χ4n) is 3.35. The van der Waals surface area contributed by atoms with Crippen LogP contribution >= 0.6 is 0 Å². The summed E-state index contributed by atoms with van der Waals surface area (Å²) >= 11 is 0. The van der Waals surface area contributed by atoms with E-state index in [1.54, 1.807) is 19.2 Å². The van der Waals surface area contributed by atoms with Gasteiger partial charge >= 0.3 is 0 Å². The van der Waals surface area contributed by atoms with Gasteiger partial charge in [-0.2, -0.15) is 4.98 Å². The number of aryl methyl sites for hydroxylation is 2. The minimum absolute atomic E-state index is 0.0733. The maximum absolute atomic E-state index is 11.6. The highest BCUT2D eigenvalue weighted by atomic mass is 32.2. The Bertz CT molecular complexity index is 1360. The standard InChI is InChI=1S/C22H21N3O4S/c1-13-7-8-15(12-20(13)28-3)24-22-25-19-6-4-5-18(21(19)29-22)17-10-9-16(11-14(17)2)30(23,26)27/h4-12H,1-3H3,(H,24,25)(H2,23,26,27). The molecule has 0 aliphatic rings. The zero-order valence-electron chi connectivity index (χ0n) is 16.8. The van der Waals surface area contributed by atoms with Gasteiger partial charge in [0.1, 0.15) is 11.3 Å². The number of primary sulfonamides is 1. The third-order valence-electron chi connectivity index (χ3n) is 4.89. The van der Waals surface area contributed by atoms with Crippen LogP contribution in [0.3, 0.4) is 0 Å². The van der Waals surface area contributed by atoms with Crippen molar-refractivity contribution in [3.8, 4) is 16.9 Å². The van der Waals surface area contributed by atoms with Crippen molar-refractivity contribution < 1.29 is 17.6 Å². The van der Waals surface area contributed by atoms with Crippen LogP contribution in [0, 0.1) is 13.8 Å². The zero-order chi connectivity index (χ0) is 21.5. The molecule has 0 unspecified atom stereocenters. The Labute approximate surface area is 174 Å². The average Bonchev–Trinajstić information content (AvgIpc) is 3.11. The topological polar surface area (TPSA) is 107 Å². The maximum Gasteiger partial charge on any atom is 0.300 e. The molecule has 0 bridgehead atoms. The van der Waals surface area contributed by atoms with Crippen LogP contribution in [0.25, 0.3) is 22.2 Å². The lowest BCUT2D eigenvalue weighted by atomic mass is 10.00. The van der Waals surface area contributed by atoms with E-state index < -0.39 is 10.0 Å². The molecule has 1 heterocycles. The molecule has 0 radical (unpaired) electrons. The van der Waals surface area contributed by atoms with Gasteiger partial charge < -0.3 is 14.5 Å². The number of sulfonamides is 1. The second-order valence-electron chi connectivity index (χ2n) is 7.00. The highest BCUT2D eigenvalue weighted by Crippen LogP contribution is 2.34. The molecular weight excluding hydrogens is 402 g/mol. The second kappa shape index (κ2) is 7.47. The molecule has 30 heavy (non-hydrogen) atoms. The number of hydrogen-bond acceptors (Lipinski definition) is 6. The molecule has 0 fully saturated rings. The quantitative estimate of drug-likeness (QED) is 0.489. The van der Waals surface area contributed by atoms with Gasteiger partial charge in [-0.3, -0.25) is 0 Å². The molecule has 8 heteroatoms. The monoisotopic (exact) mass is 423 g/mol. The molecular formula is C22H21N3O4S. The third kappa shape index (κ3) is 3.74. The Morgan fingerprint density at radius 2 is 1.80 bits per heavy atom. The molecule has 4 rings (SSSR count). The SMILES string of the molecule is COc1cc(Nc2nc3cccc(-c4ccc(S(N)(=O)=O)cc4C)c3o2)ccc1C. The lowest BCUT2D eigenvalue weighted by molar-refractivity contribution is 0.412. The van der Waals surface area contributed by atoms with E-state index >= 15 is 0 Å². The molecule has 154 valence electrons. The highest BCUT2D eigenvalue weighted by Gasteiger charge is 2.16. The van der Waals surface area contributed by atoms with E-state index in [1.807, 2.05) is 50.2 Å². The van der Waals surface area contributed by atoms with Gasteiger partial charge in [-0.1, -0.05) is 24.3 Å². The van der Waals surface area contributed by atoms with Gasteiger partial charge in [0.25, 0.3) is 6.01 Å². The summed E-state index contributed by atoms with van der Waals surface area (Å²) in [7, 11) is -2.14. The normalized spacial score (nSPS) is 11.6. The van der Waals surface area contributed by atoms with E-state index in [0.717, 1.165) is 33.7 Å². The minimum Gasteiger partial charge on any atom is -0.496 e. The van der Waals surface area contributed by atoms with Crippen LogP contribution in [0.5, 0.6) is 5.75 Å². The summed E-state index contributed by atoms with van der Waals surface area (Å²) < 4.78 is 34.6. The molecule has 0 spiro atoms. The molecule has 0 atom stereocenters. The zero-order valence-corrected chi connectivity index (χ0v) is 17.6. The summed E-state index contributed by atoms with van der Waals surface area (Å²) in [5, 5.41) is 8.40. The lowest BCUT2D eigenvalue weighted by Crippen LogP contribution is -2.12. The van der Waals surface area contributed by atoms with Crippen molar-refractivity contribution in [1.82, 2.24) is 4.98 Å². The van der Waals surface area contributed by atoms with Gasteiger partial charge in [-0.15, -0.1) is 0 Å². The highest BCUT2D eigenvalue weighted by molar-refractivity contribution is 7.89. The molecule has 0 amide bonds. The van der Waals surface area contributed by atoms with Crippen molar-refractivity contribution in [3.63, 3.8) is 0 Å². The molecule has 0 saturated heterocycles. The Kier molecular flexibility index (Phi) is 4.97. The molecule has 1 aromatic heterocycles. The van der Waals surface area contributed by atoms with E-state index in [9.17, 15) is 8.42 Å². The fourth-order valence-corrected chi connectivity index (χ4v) is 3.95. The van der Waals surface area contributed by atoms with E-state index in [2.05, 4.69) is 10.3 Å². The van der Waals surface area contributed by atoms with Crippen LogP contribution in [0.1, 0.15) is 11.1 Å². The number of nitrogens with one attached hydrogen (secondary N) is 1. The van der Waals surface area contributed by atoms with Crippen LogP contribution in [-0.2, 0) is 10.0 Å². The number of para-hydroxylation sites is 1. The number of fused-ring (bicyclic) bond motifs is 1. The number of hydrogen-bond donors (Lipinski definition) is 2. The van der Waals surface area contributed by atoms with Crippen molar-refractivity contribution in [1.29, 1.82) is 0 Å². The number of methoxy groups -OCH3 is 1. The lowest BCUT2D eigenvalue weighted by Gasteiger charge is -2.08. The molecule has 3 N–H and O–H groups in total. The molecule has 0 aliphatic carbocycles. The Hall–Kier alpha value is -3.36. The van der Waals surface area contributed by atoms with E-state index in [-0.39, 0.29) is 4.90 Å². The summed E-state index contributed by atoms with van der Waals surface area (Å²) in [6.45, 7) is 3.80. The van der Waals surface area contributed by atoms with Crippen LogP contribution in [-0.4, -0.2) is 20.5 Å². The number of oxazole rings is 1. The Morgan fingerprint density at radius 3 is 2.50 bits per heavy atom. The molecule has 0 saturated carbocycles. The van der Waals surface area contributed by atoms with Gasteiger partial charge in [-0.25, -0.2) is 13.6 Å². The predicted molar refractivity (Wildman–Crippen MR) is 117 cm³/mol. The summed E-state index contributed by atoms with van der Waals surface area (Å²) in [5.74, 6) is 0.766. The summed E-state index contributed by atoms with van der Waals surface area (Å²) in [6.07, 6.45) is 0. The molecule has 4 aromatic rings. The Morgan fingerprint density at radius 1 is 1.00 bits per heavy atom. The van der Waals surface area contributed by atoms with Gasteiger partial charge in [0.05, 0.1) is 12.0 Å². The predicted octanol–water partition coefficient (Wildman–Crippen LogP) is 4.51. The van der Waals surface area contributed by atoms with E-state index in [1.165, 1.54) is 6.07 Å². The van der Waals surface area contributed by atoms with E-state index in [0.29, 0.717) is 17.1 Å². The summed E-state index contributed by atoms with van der Waals surface area (Å²) in [5.41, 5.74) is 5.53. The Balaban J connectivity index is 1.75. The van der Waals surface area contributed by atoms with Crippen molar-refractivity contribution in [2.45, 2.75) is 18.7 Å².